The average Bonchev–Trinajstić information content (AvgIpc) is 2.39. The van der Waals surface area contributed by atoms with E-state index in [-0.39, 0.29) is 17.4 Å². The lowest BCUT2D eigenvalue weighted by Gasteiger charge is -2.40. The molecule has 1 atom stereocenters. The minimum atomic E-state index is -0.444. The van der Waals surface area contributed by atoms with Crippen LogP contribution in [0.5, 0.6) is 0 Å². The van der Waals surface area contributed by atoms with Gasteiger partial charge in [0.05, 0.1) is 0 Å². The molecule has 1 spiro atoms. The third-order valence-corrected chi connectivity index (χ3v) is 4.72. The SMILES string of the molecule is CC(C)N=C1NC(=O)C2(CSCC(C)(C)C2)N1. The number of carbonyl (C=O) groups excluding carboxylic acids is 1. The van der Waals surface area contributed by atoms with Gasteiger partial charge < -0.3 is 5.32 Å². The molecule has 0 bridgehead atoms. The molecule has 0 aromatic rings. The zero-order valence-corrected chi connectivity index (χ0v) is 11.8. The van der Waals surface area contributed by atoms with Gasteiger partial charge >= 0.3 is 0 Å². The monoisotopic (exact) mass is 255 g/mol. The molecule has 0 aromatic carbocycles. The van der Waals surface area contributed by atoms with Crippen LogP contribution >= 0.6 is 11.8 Å². The topological polar surface area (TPSA) is 53.5 Å². The van der Waals surface area contributed by atoms with E-state index in [1.54, 1.807) is 0 Å². The van der Waals surface area contributed by atoms with E-state index in [0.717, 1.165) is 17.9 Å². The van der Waals surface area contributed by atoms with Crippen LogP contribution in [0.4, 0.5) is 0 Å². The second-order valence-corrected chi connectivity index (χ2v) is 7.05. The van der Waals surface area contributed by atoms with Gasteiger partial charge in [-0.2, -0.15) is 11.8 Å². The van der Waals surface area contributed by atoms with E-state index in [9.17, 15) is 4.79 Å². The Morgan fingerprint density at radius 2 is 2.06 bits per heavy atom. The molecule has 0 radical (unpaired) electrons. The highest BCUT2D eigenvalue weighted by Gasteiger charge is 2.50. The maximum absolute atomic E-state index is 12.2. The number of hydrogen-bond donors (Lipinski definition) is 2. The van der Waals surface area contributed by atoms with E-state index in [1.165, 1.54) is 0 Å². The van der Waals surface area contributed by atoms with Crippen molar-refractivity contribution in [3.8, 4) is 0 Å². The first-order chi connectivity index (χ1) is 7.83. The summed E-state index contributed by atoms with van der Waals surface area (Å²) in [6, 6.07) is 0.192. The van der Waals surface area contributed by atoms with Crippen molar-refractivity contribution in [1.82, 2.24) is 10.6 Å². The number of aliphatic imine (C=N–C) groups is 1. The Labute approximate surface area is 107 Å². The summed E-state index contributed by atoms with van der Waals surface area (Å²) in [5, 5.41) is 6.18. The molecular formula is C12H21N3OS. The summed E-state index contributed by atoms with van der Waals surface area (Å²) >= 11 is 1.84. The quantitative estimate of drug-likeness (QED) is 0.744. The zero-order valence-electron chi connectivity index (χ0n) is 11.0. The molecule has 0 aliphatic carbocycles. The predicted octanol–water partition coefficient (Wildman–Crippen LogP) is 1.37. The highest BCUT2D eigenvalue weighted by Crippen LogP contribution is 2.40. The Kier molecular flexibility index (Phi) is 3.14. The van der Waals surface area contributed by atoms with Crippen molar-refractivity contribution in [3.05, 3.63) is 0 Å². The third-order valence-electron chi connectivity index (χ3n) is 3.03. The van der Waals surface area contributed by atoms with Gasteiger partial charge in [-0.05, 0) is 31.4 Å². The van der Waals surface area contributed by atoms with Crippen LogP contribution in [0.2, 0.25) is 0 Å². The molecule has 2 fully saturated rings. The Morgan fingerprint density at radius 1 is 1.35 bits per heavy atom. The summed E-state index contributed by atoms with van der Waals surface area (Å²) in [5.74, 6) is 2.67. The second-order valence-electron chi connectivity index (χ2n) is 6.07. The van der Waals surface area contributed by atoms with E-state index >= 15 is 0 Å². The summed E-state index contributed by atoms with van der Waals surface area (Å²) in [7, 11) is 0. The first-order valence-corrected chi connectivity index (χ1v) is 7.24. The standard InChI is InChI=1S/C12H21N3OS/c1-8(2)13-10-14-9(16)12(15-10)5-11(3,4)6-17-7-12/h8H,5-7H2,1-4H3,(H2,13,14,15,16). The minimum Gasteiger partial charge on any atom is -0.341 e. The van der Waals surface area contributed by atoms with Crippen LogP contribution in [0.3, 0.4) is 0 Å². The second kappa shape index (κ2) is 4.19. The van der Waals surface area contributed by atoms with Gasteiger partial charge in [0, 0.05) is 11.8 Å². The summed E-state index contributed by atoms with van der Waals surface area (Å²) in [6.07, 6.45) is 0.871. The fourth-order valence-electron chi connectivity index (χ4n) is 2.51. The number of amides is 1. The lowest BCUT2D eigenvalue weighted by Crippen LogP contribution is -2.55. The number of rotatable bonds is 1. The molecule has 2 aliphatic heterocycles. The molecule has 5 heteroatoms. The van der Waals surface area contributed by atoms with Crippen LogP contribution < -0.4 is 10.6 Å². The predicted molar refractivity (Wildman–Crippen MR) is 72.3 cm³/mol. The van der Waals surface area contributed by atoms with E-state index in [1.807, 2.05) is 25.6 Å². The molecule has 1 unspecified atom stereocenters. The molecule has 2 rings (SSSR count). The van der Waals surface area contributed by atoms with Crippen molar-refractivity contribution in [1.29, 1.82) is 0 Å². The van der Waals surface area contributed by atoms with Crippen molar-refractivity contribution in [3.63, 3.8) is 0 Å². The Hall–Kier alpha value is -0.710. The lowest BCUT2D eigenvalue weighted by molar-refractivity contribution is -0.124. The van der Waals surface area contributed by atoms with Crippen LogP contribution in [0.1, 0.15) is 34.1 Å². The van der Waals surface area contributed by atoms with Crippen LogP contribution in [0, 0.1) is 5.41 Å². The molecule has 0 aromatic heterocycles. The van der Waals surface area contributed by atoms with Gasteiger partial charge in [0.15, 0.2) is 5.96 Å². The number of guanidine groups is 1. The fourth-order valence-corrected chi connectivity index (χ4v) is 3.92. The molecule has 4 nitrogen and oxygen atoms in total. The van der Waals surface area contributed by atoms with Crippen molar-refractivity contribution < 1.29 is 4.79 Å². The largest absolute Gasteiger partial charge is 0.341 e. The smallest absolute Gasteiger partial charge is 0.253 e. The number of nitrogens with zero attached hydrogens (tertiary/aromatic N) is 1. The highest BCUT2D eigenvalue weighted by molar-refractivity contribution is 7.99. The van der Waals surface area contributed by atoms with Gasteiger partial charge in [-0.1, -0.05) is 13.8 Å². The maximum Gasteiger partial charge on any atom is 0.253 e. The van der Waals surface area contributed by atoms with Crippen LogP contribution in [-0.4, -0.2) is 35.0 Å². The van der Waals surface area contributed by atoms with Gasteiger partial charge in [0.2, 0.25) is 0 Å². The van der Waals surface area contributed by atoms with E-state index in [2.05, 4.69) is 29.5 Å². The molecule has 2 saturated heterocycles. The third kappa shape index (κ3) is 2.59. The molecule has 2 aliphatic rings. The number of carbonyl (C=O) groups is 1. The fraction of sp³-hybridized carbons (Fsp3) is 0.833. The summed E-state index contributed by atoms with van der Waals surface area (Å²) < 4.78 is 0. The lowest BCUT2D eigenvalue weighted by atomic mass is 9.80. The summed E-state index contributed by atoms with van der Waals surface area (Å²) in [6.45, 7) is 8.44. The van der Waals surface area contributed by atoms with Crippen molar-refractivity contribution in [2.24, 2.45) is 10.4 Å². The number of hydrogen-bond acceptors (Lipinski definition) is 3. The van der Waals surface area contributed by atoms with Gasteiger partial charge in [-0.15, -0.1) is 0 Å². The maximum atomic E-state index is 12.2. The Bertz CT molecular complexity index is 365. The van der Waals surface area contributed by atoms with Crippen LogP contribution in [-0.2, 0) is 4.79 Å². The van der Waals surface area contributed by atoms with E-state index in [0.29, 0.717) is 5.96 Å². The van der Waals surface area contributed by atoms with Crippen LogP contribution in [0.15, 0.2) is 4.99 Å². The Balaban J connectivity index is 2.19. The summed E-state index contributed by atoms with van der Waals surface area (Å²) in [5.41, 5.74) is -0.249. The average molecular weight is 255 g/mol. The van der Waals surface area contributed by atoms with Crippen molar-refractivity contribution in [2.45, 2.75) is 45.7 Å². The summed E-state index contributed by atoms with van der Waals surface area (Å²) in [4.78, 5) is 16.6. The molecule has 2 N–H and O–H groups in total. The minimum absolute atomic E-state index is 0.0807. The molecule has 1 amide bonds. The molecule has 96 valence electrons. The number of nitrogens with one attached hydrogen (secondary N) is 2. The first kappa shape index (κ1) is 12.7. The van der Waals surface area contributed by atoms with Crippen molar-refractivity contribution >= 4 is 23.6 Å². The highest BCUT2D eigenvalue weighted by atomic mass is 32.2. The molecule has 17 heavy (non-hydrogen) atoms. The van der Waals surface area contributed by atoms with Gasteiger partial charge in [0.1, 0.15) is 5.54 Å². The normalized spacial score (nSPS) is 34.2. The molecular weight excluding hydrogens is 234 g/mol. The zero-order chi connectivity index (χ0) is 12.7. The van der Waals surface area contributed by atoms with Gasteiger partial charge in [-0.3, -0.25) is 15.1 Å². The van der Waals surface area contributed by atoms with E-state index < -0.39 is 5.54 Å². The van der Waals surface area contributed by atoms with Crippen molar-refractivity contribution in [2.75, 3.05) is 11.5 Å². The number of thioether (sulfide) groups is 1. The molecule has 2 heterocycles. The van der Waals surface area contributed by atoms with Crippen LogP contribution in [0.25, 0.3) is 0 Å². The molecule has 0 saturated carbocycles. The van der Waals surface area contributed by atoms with E-state index in [4.69, 9.17) is 0 Å². The van der Waals surface area contributed by atoms with Gasteiger partial charge in [-0.25, -0.2) is 0 Å². The Morgan fingerprint density at radius 3 is 2.65 bits per heavy atom. The first-order valence-electron chi connectivity index (χ1n) is 6.08. The van der Waals surface area contributed by atoms with Gasteiger partial charge in [0.25, 0.3) is 5.91 Å².